The van der Waals surface area contributed by atoms with Crippen molar-refractivity contribution in [3.8, 4) is 0 Å². The van der Waals surface area contributed by atoms with Crippen LogP contribution < -0.4 is 15.6 Å². The van der Waals surface area contributed by atoms with Crippen LogP contribution in [0, 0.1) is 0 Å². The van der Waals surface area contributed by atoms with Gasteiger partial charge in [-0.15, -0.1) is 0 Å². The van der Waals surface area contributed by atoms with E-state index in [0.717, 1.165) is 0 Å². The molecule has 0 heterocycles. The molecule has 1 aliphatic carbocycles. The van der Waals surface area contributed by atoms with E-state index in [1.165, 1.54) is 49.0 Å². The first-order valence-electron chi connectivity index (χ1n) is 14.1. The minimum Gasteiger partial charge on any atom is -0.0730 e. The lowest BCUT2D eigenvalue weighted by molar-refractivity contribution is 0.856. The van der Waals surface area contributed by atoms with Crippen molar-refractivity contribution >= 4 is 23.6 Å². The van der Waals surface area contributed by atoms with Crippen LogP contribution in [0.15, 0.2) is 95.6 Å². The fourth-order valence-corrected chi connectivity index (χ4v) is 12.7. The Morgan fingerprint density at radius 1 is 0.568 bits per heavy atom. The molecule has 194 valence electrons. The van der Waals surface area contributed by atoms with Crippen molar-refractivity contribution in [2.45, 2.75) is 92.0 Å². The summed E-state index contributed by atoms with van der Waals surface area (Å²) in [6.45, 7) is 23.5. The standard InChI is InChI=1S/C36H46Si/c1-24(2)30-14-11-17-33(20-30)37(34-18-12-15-31(21-34)25(3)4,35-19-13-16-32(22-35)26(5)6)36(10)23-27(7)28(8)29(36)9/h11-26H,1-10H3. The van der Waals surface area contributed by atoms with Crippen molar-refractivity contribution in [1.29, 1.82) is 0 Å². The molecular weight excluding hydrogens is 460 g/mol. The van der Waals surface area contributed by atoms with Gasteiger partial charge < -0.3 is 0 Å². The predicted octanol–water partition coefficient (Wildman–Crippen LogP) is 8.58. The number of hydrogen-bond acceptors (Lipinski definition) is 0. The fraction of sp³-hybridized carbons (Fsp3) is 0.389. The molecule has 37 heavy (non-hydrogen) atoms. The summed E-state index contributed by atoms with van der Waals surface area (Å²) in [5.74, 6) is 1.47. The lowest BCUT2D eigenvalue weighted by Crippen LogP contribution is -2.73. The molecule has 0 aliphatic heterocycles. The number of rotatable bonds is 7. The van der Waals surface area contributed by atoms with Crippen LogP contribution in [0.1, 0.15) is 104 Å². The summed E-state index contributed by atoms with van der Waals surface area (Å²) in [6, 6.07) is 28.9. The maximum atomic E-state index is 2.62. The van der Waals surface area contributed by atoms with Crippen LogP contribution in [-0.4, -0.2) is 8.07 Å². The van der Waals surface area contributed by atoms with Gasteiger partial charge >= 0.3 is 0 Å². The maximum absolute atomic E-state index is 2.63. The van der Waals surface area contributed by atoms with Gasteiger partial charge in [0.2, 0.25) is 0 Å². The Kier molecular flexibility index (Phi) is 7.59. The quantitative estimate of drug-likeness (QED) is 0.222. The largest absolute Gasteiger partial charge is 0.161 e. The van der Waals surface area contributed by atoms with Gasteiger partial charge in [0.15, 0.2) is 8.07 Å². The molecule has 0 saturated carbocycles. The molecule has 4 rings (SSSR count). The first kappa shape index (κ1) is 27.4. The topological polar surface area (TPSA) is 0 Å². The van der Waals surface area contributed by atoms with Crippen LogP contribution in [0.25, 0.3) is 0 Å². The Labute approximate surface area is 227 Å². The molecule has 0 aromatic heterocycles. The van der Waals surface area contributed by atoms with E-state index in [-0.39, 0.29) is 5.04 Å². The third-order valence-electron chi connectivity index (χ3n) is 9.18. The molecule has 0 bridgehead atoms. The van der Waals surface area contributed by atoms with E-state index in [2.05, 4.69) is 148 Å². The molecule has 0 fully saturated rings. The van der Waals surface area contributed by atoms with E-state index < -0.39 is 8.07 Å². The maximum Gasteiger partial charge on any atom is 0.161 e. The van der Waals surface area contributed by atoms with E-state index in [1.807, 2.05) is 0 Å². The Morgan fingerprint density at radius 3 is 1.19 bits per heavy atom. The lowest BCUT2D eigenvalue weighted by atomic mass is 10.0. The molecule has 0 spiro atoms. The van der Waals surface area contributed by atoms with E-state index in [4.69, 9.17) is 0 Å². The third kappa shape index (κ3) is 4.50. The van der Waals surface area contributed by atoms with Crippen LogP contribution in [0.5, 0.6) is 0 Å². The average Bonchev–Trinajstić information content (AvgIpc) is 3.08. The van der Waals surface area contributed by atoms with Crippen molar-refractivity contribution in [1.82, 2.24) is 0 Å². The van der Waals surface area contributed by atoms with Crippen LogP contribution in [-0.2, 0) is 0 Å². The lowest BCUT2D eigenvalue weighted by Gasteiger charge is -2.47. The van der Waals surface area contributed by atoms with Crippen LogP contribution >= 0.6 is 0 Å². The summed E-state index contributed by atoms with van der Waals surface area (Å²) >= 11 is 0. The van der Waals surface area contributed by atoms with Crippen molar-refractivity contribution in [3.05, 3.63) is 112 Å². The number of allylic oxidation sites excluding steroid dienone is 4. The Hall–Kier alpha value is -2.64. The summed E-state index contributed by atoms with van der Waals surface area (Å²) in [5.41, 5.74) is 8.69. The highest BCUT2D eigenvalue weighted by Crippen LogP contribution is 2.53. The smallest absolute Gasteiger partial charge is 0.0730 e. The Balaban J connectivity index is 2.24. The highest BCUT2D eigenvalue weighted by molar-refractivity contribution is 7.14. The summed E-state index contributed by atoms with van der Waals surface area (Å²) in [4.78, 5) is 0. The molecular formula is C36H46Si. The minimum atomic E-state index is -2.63. The highest BCUT2D eigenvalue weighted by atomic mass is 28.3. The molecule has 0 radical (unpaired) electrons. The van der Waals surface area contributed by atoms with Crippen LogP contribution in [0.3, 0.4) is 0 Å². The Bertz CT molecular complexity index is 1230. The van der Waals surface area contributed by atoms with Crippen LogP contribution in [0.2, 0.25) is 5.04 Å². The molecule has 1 atom stereocenters. The van der Waals surface area contributed by atoms with Crippen molar-refractivity contribution < 1.29 is 0 Å². The van der Waals surface area contributed by atoms with Gasteiger partial charge in [0.05, 0.1) is 0 Å². The zero-order valence-electron chi connectivity index (χ0n) is 24.7. The molecule has 0 saturated heterocycles. The first-order valence-corrected chi connectivity index (χ1v) is 16.1. The zero-order valence-corrected chi connectivity index (χ0v) is 25.7. The SMILES string of the molecule is CC1=CC(C)([Si](c2cccc(C(C)C)c2)(c2cccc(C(C)C)c2)c2cccc(C(C)C)c2)C(C)=C1C. The monoisotopic (exact) mass is 506 g/mol. The molecule has 3 aromatic rings. The molecule has 0 N–H and O–H groups in total. The van der Waals surface area contributed by atoms with Crippen molar-refractivity contribution in [2.75, 3.05) is 0 Å². The highest BCUT2D eigenvalue weighted by Gasteiger charge is 2.56. The molecule has 1 unspecified atom stereocenters. The summed E-state index contributed by atoms with van der Waals surface area (Å²) in [7, 11) is -2.63. The Morgan fingerprint density at radius 2 is 0.919 bits per heavy atom. The van der Waals surface area contributed by atoms with Gasteiger partial charge in [-0.3, -0.25) is 0 Å². The van der Waals surface area contributed by atoms with E-state index in [0.29, 0.717) is 17.8 Å². The molecule has 3 aromatic carbocycles. The second kappa shape index (κ2) is 10.3. The second-order valence-electron chi connectivity index (χ2n) is 12.4. The molecule has 1 heteroatoms. The molecule has 0 nitrogen and oxygen atoms in total. The average molecular weight is 507 g/mol. The molecule has 1 aliphatic rings. The third-order valence-corrected chi connectivity index (χ3v) is 14.8. The normalized spacial score (nSPS) is 18.4. The fourth-order valence-electron chi connectivity index (χ4n) is 6.52. The summed E-state index contributed by atoms with van der Waals surface area (Å²) in [5, 5.41) is 4.46. The van der Waals surface area contributed by atoms with Crippen molar-refractivity contribution in [3.63, 3.8) is 0 Å². The van der Waals surface area contributed by atoms with Gasteiger partial charge in [0.25, 0.3) is 0 Å². The zero-order chi connectivity index (χ0) is 27.1. The molecule has 0 amide bonds. The second-order valence-corrected chi connectivity index (χ2v) is 16.6. The van der Waals surface area contributed by atoms with Crippen LogP contribution in [0.4, 0.5) is 0 Å². The van der Waals surface area contributed by atoms with Gasteiger partial charge in [-0.1, -0.05) is 138 Å². The number of hydrogen-bond donors (Lipinski definition) is 0. The minimum absolute atomic E-state index is 0.0814. The van der Waals surface area contributed by atoms with Gasteiger partial charge in [0.1, 0.15) is 0 Å². The van der Waals surface area contributed by atoms with E-state index >= 15 is 0 Å². The summed E-state index contributed by atoms with van der Waals surface area (Å²) < 4.78 is 0. The van der Waals surface area contributed by atoms with Gasteiger partial charge in [-0.2, -0.15) is 0 Å². The summed E-state index contributed by atoms with van der Waals surface area (Å²) in [6.07, 6.45) is 2.62. The number of benzene rings is 3. The van der Waals surface area contributed by atoms with Crippen molar-refractivity contribution in [2.24, 2.45) is 0 Å². The van der Waals surface area contributed by atoms with Gasteiger partial charge in [-0.05, 0) is 76.3 Å². The van der Waals surface area contributed by atoms with Gasteiger partial charge in [0, 0.05) is 5.04 Å². The van der Waals surface area contributed by atoms with Gasteiger partial charge in [-0.25, -0.2) is 0 Å². The first-order chi connectivity index (χ1) is 17.4. The van der Waals surface area contributed by atoms with E-state index in [9.17, 15) is 0 Å². The predicted molar refractivity (Wildman–Crippen MR) is 167 cm³/mol. The van der Waals surface area contributed by atoms with E-state index in [1.54, 1.807) is 0 Å².